The maximum atomic E-state index is 14.2. The van der Waals surface area contributed by atoms with Gasteiger partial charge >= 0.3 is 5.51 Å². The Hall–Kier alpha value is -4.52. The molecule has 62 heavy (non-hydrogen) atoms. The first-order chi connectivity index (χ1) is 29.6. The molecule has 1 saturated heterocycles. The monoisotopic (exact) mass is 907 g/mol. The fourth-order valence-electron chi connectivity index (χ4n) is 8.00. The number of hydrogen-bond acceptors (Lipinski definition) is 11. The average molecular weight is 908 g/mol. The summed E-state index contributed by atoms with van der Waals surface area (Å²) >= 11 is 1.47. The van der Waals surface area contributed by atoms with Crippen molar-refractivity contribution < 1.29 is 30.0 Å². The molecule has 330 valence electrons. The molecule has 0 bridgehead atoms. The maximum absolute atomic E-state index is 14.2. The highest BCUT2D eigenvalue weighted by molar-refractivity contribution is 7.99. The first-order valence-corrected chi connectivity index (χ1v) is 24.5. The summed E-state index contributed by atoms with van der Waals surface area (Å²) in [6.45, 7) is 6.48. The van der Waals surface area contributed by atoms with Gasteiger partial charge in [-0.15, -0.1) is 11.8 Å². The highest BCUT2D eigenvalue weighted by Gasteiger charge is 2.48. The van der Waals surface area contributed by atoms with E-state index in [-0.39, 0.29) is 11.5 Å². The van der Waals surface area contributed by atoms with Gasteiger partial charge in [0.15, 0.2) is 0 Å². The van der Waals surface area contributed by atoms with Crippen molar-refractivity contribution in [3.8, 4) is 11.1 Å². The lowest BCUT2D eigenvalue weighted by Crippen LogP contribution is -2.46. The molecule has 2 N–H and O–H groups in total. The van der Waals surface area contributed by atoms with Crippen molar-refractivity contribution in [2.45, 2.75) is 78.0 Å². The van der Waals surface area contributed by atoms with Gasteiger partial charge in [0.25, 0.3) is 19.9 Å². The summed E-state index contributed by atoms with van der Waals surface area (Å²) in [5.74, 6) is 0.422. The lowest BCUT2D eigenvalue weighted by atomic mass is 9.96. The number of nitrogens with zero attached hydrogens (tertiary/aromatic N) is 5. The third-order valence-corrected chi connectivity index (χ3v) is 15.5. The van der Waals surface area contributed by atoms with Gasteiger partial charge in [-0.25, -0.2) is 26.8 Å². The number of nitrogens with one attached hydrogen (secondary N) is 2. The normalized spacial score (nSPS) is 16.2. The standard InChI is InChI=1S/C45H52F3N7O4S3/c1-32-13-15-33(16-14-32)39-12-8-7-9-34(39)28-54-24-20-36(21-25-54)55-26-22-40-42(29-55)49-31-50-44(40)52-62(58,59)38-17-18-41(43(27-38)61(56,57)45(46,47)48)51-35(19-23-53(2)3)30-60-37-10-5-4-6-11-37/h4-18,27,31,35-36,51H,19-26,28-30H2,1-3H3,(H,49,50,52)/t35-/m1/s1. The highest BCUT2D eigenvalue weighted by Crippen LogP contribution is 2.38. The Morgan fingerprint density at radius 2 is 1.60 bits per heavy atom. The number of fused-ring (bicyclic) bond motifs is 1. The number of likely N-dealkylation sites (tertiary alicyclic amines) is 1. The molecule has 4 aromatic carbocycles. The van der Waals surface area contributed by atoms with Crippen LogP contribution >= 0.6 is 11.8 Å². The Morgan fingerprint density at radius 1 is 0.887 bits per heavy atom. The molecule has 1 atom stereocenters. The number of piperidine rings is 1. The zero-order chi connectivity index (χ0) is 44.1. The number of sulfone groups is 1. The molecule has 11 nitrogen and oxygen atoms in total. The van der Waals surface area contributed by atoms with E-state index >= 15 is 0 Å². The van der Waals surface area contributed by atoms with Gasteiger partial charge in [-0.05, 0) is 113 Å². The molecule has 7 rings (SSSR count). The number of alkyl halides is 3. The number of thioether (sulfide) groups is 1. The zero-order valence-corrected chi connectivity index (χ0v) is 37.4. The molecule has 1 aromatic heterocycles. The van der Waals surface area contributed by atoms with Crippen LogP contribution < -0.4 is 10.0 Å². The summed E-state index contributed by atoms with van der Waals surface area (Å²) < 4.78 is 98.8. The van der Waals surface area contributed by atoms with E-state index in [9.17, 15) is 30.0 Å². The van der Waals surface area contributed by atoms with Crippen LogP contribution in [0.15, 0.2) is 118 Å². The lowest BCUT2D eigenvalue weighted by Gasteiger charge is -2.40. The summed E-state index contributed by atoms with van der Waals surface area (Å²) in [5.41, 5.74) is 0.196. The van der Waals surface area contributed by atoms with Crippen LogP contribution in [0.1, 0.15) is 41.6 Å². The molecular formula is C45H52F3N7O4S3. The Kier molecular flexibility index (Phi) is 14.3. The van der Waals surface area contributed by atoms with Gasteiger partial charge in [0.05, 0.1) is 16.3 Å². The third kappa shape index (κ3) is 11.0. The first-order valence-electron chi connectivity index (χ1n) is 20.6. The largest absolute Gasteiger partial charge is 0.501 e. The van der Waals surface area contributed by atoms with E-state index in [2.05, 4.69) is 85.3 Å². The molecule has 0 aliphatic carbocycles. The van der Waals surface area contributed by atoms with Crippen LogP contribution in [0.3, 0.4) is 0 Å². The van der Waals surface area contributed by atoms with Gasteiger partial charge in [0, 0.05) is 47.9 Å². The van der Waals surface area contributed by atoms with Crippen molar-refractivity contribution in [3.63, 3.8) is 0 Å². The Morgan fingerprint density at radius 3 is 2.31 bits per heavy atom. The van der Waals surface area contributed by atoms with Gasteiger partial charge < -0.3 is 10.2 Å². The quantitative estimate of drug-likeness (QED) is 0.0934. The Bertz CT molecular complexity index is 2540. The maximum Gasteiger partial charge on any atom is 0.501 e. The molecule has 2 aliphatic rings. The molecule has 5 aromatic rings. The SMILES string of the molecule is Cc1ccc(-c2ccccc2CN2CCC(N3CCc4c(ncnc4NS(=O)(=O)c4ccc(N[C@H](CCN(C)C)CSc5ccccc5)c(S(=O)(=O)C(F)(F)F)c4)C3)CC2)cc1. The fourth-order valence-corrected chi connectivity index (χ4v) is 11.1. The van der Waals surface area contributed by atoms with Crippen LogP contribution in [0, 0.1) is 6.92 Å². The molecule has 0 spiro atoms. The van der Waals surface area contributed by atoms with Crippen LogP contribution in [0.5, 0.6) is 0 Å². The van der Waals surface area contributed by atoms with Gasteiger partial charge in [-0.1, -0.05) is 72.3 Å². The summed E-state index contributed by atoms with van der Waals surface area (Å²) in [6.07, 6.45) is 4.11. The van der Waals surface area contributed by atoms with Crippen molar-refractivity contribution >= 4 is 43.1 Å². The van der Waals surface area contributed by atoms with Crippen molar-refractivity contribution in [3.05, 3.63) is 126 Å². The second-order valence-electron chi connectivity index (χ2n) is 16.2. The van der Waals surface area contributed by atoms with E-state index in [1.807, 2.05) is 49.3 Å². The first kappa shape index (κ1) is 45.5. The van der Waals surface area contributed by atoms with E-state index in [1.165, 1.54) is 40.3 Å². The van der Waals surface area contributed by atoms with Gasteiger partial charge in [0.1, 0.15) is 17.0 Å². The van der Waals surface area contributed by atoms with E-state index in [1.54, 1.807) is 0 Å². The van der Waals surface area contributed by atoms with E-state index < -0.39 is 41.2 Å². The number of benzene rings is 4. The molecule has 2 aliphatic heterocycles. The molecule has 17 heteroatoms. The second kappa shape index (κ2) is 19.5. The summed E-state index contributed by atoms with van der Waals surface area (Å²) in [7, 11) is -6.87. The molecule has 0 radical (unpaired) electrons. The third-order valence-electron chi connectivity index (χ3n) is 11.5. The van der Waals surface area contributed by atoms with Crippen LogP contribution in [0.25, 0.3) is 11.1 Å². The number of halogens is 3. The minimum absolute atomic E-state index is 0.0147. The van der Waals surface area contributed by atoms with Crippen molar-refractivity contribution in [1.82, 2.24) is 24.7 Å². The van der Waals surface area contributed by atoms with Crippen LogP contribution in [0.2, 0.25) is 0 Å². The van der Waals surface area contributed by atoms with E-state index in [0.29, 0.717) is 61.6 Å². The molecule has 0 unspecified atom stereocenters. The van der Waals surface area contributed by atoms with Crippen molar-refractivity contribution in [1.29, 1.82) is 0 Å². The molecule has 3 heterocycles. The number of anilines is 2. The van der Waals surface area contributed by atoms with Gasteiger partial charge in [-0.3, -0.25) is 14.5 Å². The molecule has 0 amide bonds. The van der Waals surface area contributed by atoms with Crippen LogP contribution in [-0.2, 0) is 39.4 Å². The Labute approximate surface area is 367 Å². The Balaban J connectivity index is 1.04. The topological polar surface area (TPSA) is 128 Å². The fraction of sp³-hybridized carbons (Fsp3) is 0.378. The van der Waals surface area contributed by atoms with Crippen LogP contribution in [-0.4, -0.2) is 105 Å². The number of hydrogen-bond donors (Lipinski definition) is 2. The minimum Gasteiger partial charge on any atom is -0.380 e. The summed E-state index contributed by atoms with van der Waals surface area (Å²) in [4.78, 5) is 14.6. The molecule has 1 fully saturated rings. The number of aromatic nitrogens is 2. The number of rotatable bonds is 16. The average Bonchev–Trinajstić information content (AvgIpc) is 3.25. The van der Waals surface area contributed by atoms with Gasteiger partial charge in [-0.2, -0.15) is 13.2 Å². The van der Waals surface area contributed by atoms with E-state index in [0.717, 1.165) is 49.5 Å². The predicted molar refractivity (Wildman–Crippen MR) is 239 cm³/mol. The van der Waals surface area contributed by atoms with Crippen molar-refractivity contribution in [2.24, 2.45) is 0 Å². The summed E-state index contributed by atoms with van der Waals surface area (Å²) in [5, 5.41) is 3.00. The molecular weight excluding hydrogens is 856 g/mol. The summed E-state index contributed by atoms with van der Waals surface area (Å²) in [6, 6.07) is 29.2. The number of aryl methyl sites for hydroxylation is 1. The lowest BCUT2D eigenvalue weighted by molar-refractivity contribution is -0.0435. The highest BCUT2D eigenvalue weighted by atomic mass is 32.2. The van der Waals surface area contributed by atoms with Gasteiger partial charge in [0.2, 0.25) is 0 Å². The number of sulfonamides is 1. The zero-order valence-electron chi connectivity index (χ0n) is 35.0. The van der Waals surface area contributed by atoms with E-state index in [4.69, 9.17) is 0 Å². The molecule has 0 saturated carbocycles. The van der Waals surface area contributed by atoms with Crippen LogP contribution in [0.4, 0.5) is 24.7 Å². The van der Waals surface area contributed by atoms with Crippen molar-refractivity contribution in [2.75, 3.05) is 56.1 Å². The minimum atomic E-state index is -5.98. The smallest absolute Gasteiger partial charge is 0.380 e. The predicted octanol–water partition coefficient (Wildman–Crippen LogP) is 8.09. The second-order valence-corrected chi connectivity index (χ2v) is 20.9.